The SMILES string of the molecule is CCC(C)C(=O)O[C@@]12[C@H](O)[C@@H](C)[C@@]3(O)[C@H]([C@@H]1C2(C)C)[C@@H]1O[C@@]12COC(C)(C)O[C@H]2[C@]1(O)C(=O)C(C)=C[C@H]13. The van der Waals surface area contributed by atoms with Gasteiger partial charge in [-0.3, -0.25) is 9.59 Å². The van der Waals surface area contributed by atoms with E-state index >= 15 is 0 Å². The van der Waals surface area contributed by atoms with E-state index in [2.05, 4.69) is 0 Å². The van der Waals surface area contributed by atoms with Gasteiger partial charge in [-0.15, -0.1) is 0 Å². The van der Waals surface area contributed by atoms with Crippen molar-refractivity contribution in [1.82, 2.24) is 0 Å². The Morgan fingerprint density at radius 1 is 1.22 bits per heavy atom. The van der Waals surface area contributed by atoms with E-state index in [-0.39, 0.29) is 18.5 Å². The Balaban J connectivity index is 1.54. The third-order valence-electron chi connectivity index (χ3n) is 11.1. The summed E-state index contributed by atoms with van der Waals surface area (Å²) in [6.45, 7) is 14.4. The van der Waals surface area contributed by atoms with Crippen molar-refractivity contribution < 1.29 is 43.9 Å². The molecule has 0 aromatic carbocycles. The van der Waals surface area contributed by atoms with E-state index in [9.17, 15) is 24.9 Å². The first-order chi connectivity index (χ1) is 17.0. The van der Waals surface area contributed by atoms with Gasteiger partial charge in [-0.05, 0) is 32.8 Å². The van der Waals surface area contributed by atoms with E-state index in [1.165, 1.54) is 0 Å². The Kier molecular flexibility index (Phi) is 4.92. The number of ketones is 1. The summed E-state index contributed by atoms with van der Waals surface area (Å²) in [5, 5.41) is 36.9. The van der Waals surface area contributed by atoms with Crippen molar-refractivity contribution >= 4 is 11.8 Å². The number of carbonyl (C=O) groups is 2. The van der Waals surface area contributed by atoms with Gasteiger partial charge >= 0.3 is 5.97 Å². The molecule has 37 heavy (non-hydrogen) atoms. The minimum Gasteiger partial charge on any atom is -0.455 e. The van der Waals surface area contributed by atoms with Gasteiger partial charge in [0.1, 0.15) is 17.3 Å². The highest BCUT2D eigenvalue weighted by Crippen LogP contribution is 2.80. The molecule has 2 saturated heterocycles. The van der Waals surface area contributed by atoms with Crippen LogP contribution in [0.15, 0.2) is 11.6 Å². The number of hydrogen-bond acceptors (Lipinski definition) is 9. The lowest BCUT2D eigenvalue weighted by atomic mass is 9.58. The predicted octanol–water partition coefficient (Wildman–Crippen LogP) is 1.51. The van der Waals surface area contributed by atoms with E-state index in [0.29, 0.717) is 12.0 Å². The van der Waals surface area contributed by atoms with Crippen LogP contribution in [0.4, 0.5) is 0 Å². The molecule has 1 unspecified atom stereocenters. The maximum Gasteiger partial charge on any atom is 0.309 e. The molecule has 0 amide bonds. The summed E-state index contributed by atoms with van der Waals surface area (Å²) < 4.78 is 24.8. The van der Waals surface area contributed by atoms with Crippen LogP contribution in [0.1, 0.15) is 61.8 Å². The molecule has 6 rings (SSSR count). The average molecular weight is 521 g/mol. The molecule has 3 N–H and O–H groups in total. The molecule has 0 aromatic heterocycles. The summed E-state index contributed by atoms with van der Waals surface area (Å²) >= 11 is 0. The smallest absolute Gasteiger partial charge is 0.309 e. The Labute approximate surface area is 217 Å². The van der Waals surface area contributed by atoms with Crippen LogP contribution in [0.2, 0.25) is 0 Å². The second kappa shape index (κ2) is 7.04. The van der Waals surface area contributed by atoms with Crippen molar-refractivity contribution in [3.05, 3.63) is 11.6 Å². The van der Waals surface area contributed by atoms with Crippen LogP contribution in [0, 0.1) is 35.0 Å². The zero-order valence-corrected chi connectivity index (χ0v) is 22.9. The van der Waals surface area contributed by atoms with Crippen molar-refractivity contribution in [3.63, 3.8) is 0 Å². The highest BCUT2D eigenvalue weighted by Gasteiger charge is 2.93. The van der Waals surface area contributed by atoms with Crippen LogP contribution >= 0.6 is 0 Å². The molecule has 4 aliphatic carbocycles. The van der Waals surface area contributed by atoms with Crippen LogP contribution < -0.4 is 0 Å². The monoisotopic (exact) mass is 520 g/mol. The van der Waals surface area contributed by atoms with Crippen molar-refractivity contribution in [2.45, 2.75) is 108 Å². The maximum absolute atomic E-state index is 13.6. The second-order valence-electron chi connectivity index (χ2n) is 13.5. The van der Waals surface area contributed by atoms with Crippen molar-refractivity contribution in [2.24, 2.45) is 35.0 Å². The second-order valence-corrected chi connectivity index (χ2v) is 13.5. The van der Waals surface area contributed by atoms with Gasteiger partial charge in [-0.1, -0.05) is 40.7 Å². The molecule has 0 aromatic rings. The van der Waals surface area contributed by atoms with Gasteiger partial charge in [-0.2, -0.15) is 0 Å². The summed E-state index contributed by atoms with van der Waals surface area (Å²) in [6.07, 6.45) is -0.702. The summed E-state index contributed by atoms with van der Waals surface area (Å²) in [5.41, 5.74) is -6.60. The van der Waals surface area contributed by atoms with Gasteiger partial charge in [-0.25, -0.2) is 0 Å². The fourth-order valence-electron chi connectivity index (χ4n) is 8.70. The molecule has 6 aliphatic rings. The summed E-state index contributed by atoms with van der Waals surface area (Å²) in [5.74, 6) is -5.37. The molecule has 3 saturated carbocycles. The fourth-order valence-corrected chi connectivity index (χ4v) is 8.70. The molecular formula is C28H40O9. The predicted molar refractivity (Wildman–Crippen MR) is 129 cm³/mol. The van der Waals surface area contributed by atoms with Gasteiger partial charge in [0, 0.05) is 29.1 Å². The minimum atomic E-state index is -2.11. The average Bonchev–Trinajstić information content (AvgIpc) is 3.64. The van der Waals surface area contributed by atoms with Crippen LogP contribution in [0.3, 0.4) is 0 Å². The lowest BCUT2D eigenvalue weighted by Gasteiger charge is -2.54. The Morgan fingerprint density at radius 2 is 1.86 bits per heavy atom. The topological polar surface area (TPSA) is 135 Å². The number of hydrogen-bond donors (Lipinski definition) is 3. The number of aliphatic hydroxyl groups excluding tert-OH is 1. The van der Waals surface area contributed by atoms with Crippen LogP contribution in [0.5, 0.6) is 0 Å². The van der Waals surface area contributed by atoms with Crippen LogP contribution in [-0.4, -0.2) is 80.2 Å². The molecule has 0 bridgehead atoms. The van der Waals surface area contributed by atoms with E-state index in [1.807, 2.05) is 20.8 Å². The minimum absolute atomic E-state index is 0.0764. The number of fused-ring (bicyclic) bond motifs is 7. The first kappa shape index (κ1) is 25.9. The van der Waals surface area contributed by atoms with Gasteiger partial charge in [0.05, 0.1) is 30.3 Å². The normalized spacial score (nSPS) is 54.8. The highest BCUT2D eigenvalue weighted by atomic mass is 16.8. The molecule has 206 valence electrons. The summed E-state index contributed by atoms with van der Waals surface area (Å²) in [4.78, 5) is 26.7. The third-order valence-corrected chi connectivity index (χ3v) is 11.1. The molecule has 9 nitrogen and oxygen atoms in total. The zero-order valence-electron chi connectivity index (χ0n) is 22.9. The molecule has 12 atom stereocenters. The number of aliphatic hydroxyl groups is 3. The van der Waals surface area contributed by atoms with Crippen molar-refractivity contribution in [3.8, 4) is 0 Å². The van der Waals surface area contributed by atoms with Gasteiger partial charge in [0.2, 0.25) is 0 Å². The summed E-state index contributed by atoms with van der Waals surface area (Å²) in [6, 6.07) is 0. The first-order valence-electron chi connectivity index (χ1n) is 13.6. The van der Waals surface area contributed by atoms with Crippen LogP contribution in [0.25, 0.3) is 0 Å². The zero-order chi connectivity index (χ0) is 27.3. The van der Waals surface area contributed by atoms with Crippen molar-refractivity contribution in [1.29, 1.82) is 0 Å². The van der Waals surface area contributed by atoms with Gasteiger partial charge in [0.15, 0.2) is 17.2 Å². The molecule has 1 spiro atoms. The lowest BCUT2D eigenvalue weighted by molar-refractivity contribution is -0.329. The number of Topliss-reactive ketones (excluding diaryl/α,β-unsaturated/α-hetero) is 1. The summed E-state index contributed by atoms with van der Waals surface area (Å²) in [7, 11) is 0. The number of esters is 1. The molecular weight excluding hydrogens is 480 g/mol. The Hall–Kier alpha value is -1.36. The van der Waals surface area contributed by atoms with E-state index < -0.39 is 81.4 Å². The standard InChI is InChI=1S/C28H40O9/c1-9-12(2)21(31)36-28-17(23(28,5)6)16-20-25(35-20)11-34-24(7,8)37-22(25)27(33)15(10-13(3)18(27)29)26(16,32)14(4)19(28)30/h10,12,14-17,19-20,22,30,32-33H,9,11H2,1-8H3/t12?,14-,15+,16-,17-,19-,20+,22-,25+,26+,27-,28-/m1/s1. The van der Waals surface area contributed by atoms with E-state index in [0.717, 1.165) is 0 Å². The Bertz CT molecular complexity index is 1110. The van der Waals surface area contributed by atoms with Crippen molar-refractivity contribution in [2.75, 3.05) is 6.61 Å². The maximum atomic E-state index is 13.6. The molecule has 0 radical (unpaired) electrons. The first-order valence-corrected chi connectivity index (χ1v) is 13.6. The Morgan fingerprint density at radius 3 is 2.49 bits per heavy atom. The third kappa shape index (κ3) is 2.67. The number of epoxide rings is 1. The van der Waals surface area contributed by atoms with Gasteiger partial charge in [0.25, 0.3) is 0 Å². The number of rotatable bonds is 3. The van der Waals surface area contributed by atoms with E-state index in [1.54, 1.807) is 40.7 Å². The molecule has 2 aliphatic heterocycles. The molecule has 2 heterocycles. The van der Waals surface area contributed by atoms with Gasteiger partial charge < -0.3 is 34.3 Å². The largest absolute Gasteiger partial charge is 0.455 e. The number of carbonyl (C=O) groups excluding carboxylic acids is 2. The highest BCUT2D eigenvalue weighted by molar-refractivity contribution is 6.05. The molecule has 5 fully saturated rings. The van der Waals surface area contributed by atoms with E-state index in [4.69, 9.17) is 18.9 Å². The number of ether oxygens (including phenoxy) is 4. The lowest BCUT2D eigenvalue weighted by Crippen LogP contribution is -2.70. The molecule has 9 heteroatoms. The quantitative estimate of drug-likeness (QED) is 0.374. The fraction of sp³-hybridized carbons (Fsp3) is 0.857. The van der Waals surface area contributed by atoms with Crippen LogP contribution in [-0.2, 0) is 28.5 Å².